The summed E-state index contributed by atoms with van der Waals surface area (Å²) >= 11 is 0. The first-order valence-electron chi connectivity index (χ1n) is 7.27. The minimum atomic E-state index is -4.80. The van der Waals surface area contributed by atoms with Crippen molar-refractivity contribution in [3.05, 3.63) is 47.2 Å². The van der Waals surface area contributed by atoms with Crippen molar-refractivity contribution < 1.29 is 27.5 Å². The van der Waals surface area contributed by atoms with E-state index in [-0.39, 0.29) is 17.1 Å². The Labute approximate surface area is 146 Å². The molecule has 0 fully saturated rings. The van der Waals surface area contributed by atoms with Crippen molar-refractivity contribution in [2.45, 2.75) is 20.2 Å². The van der Waals surface area contributed by atoms with Crippen LogP contribution in [0.4, 0.5) is 29.5 Å². The molecule has 0 aliphatic carbocycles. The van der Waals surface area contributed by atoms with Crippen molar-refractivity contribution in [2.24, 2.45) is 5.73 Å². The fourth-order valence-electron chi connectivity index (χ4n) is 2.25. The third kappa shape index (κ3) is 5.10. The molecule has 10 heteroatoms. The average molecular weight is 368 g/mol. The quantitative estimate of drug-likeness (QED) is 0.769. The maximum Gasteiger partial charge on any atom is 0.573 e. The molecule has 2 rings (SSSR count). The monoisotopic (exact) mass is 368 g/mol. The molecule has 0 bridgehead atoms. The molecule has 7 nitrogen and oxygen atoms in total. The highest BCUT2D eigenvalue weighted by atomic mass is 19.4. The average Bonchev–Trinajstić information content (AvgIpc) is 2.46. The van der Waals surface area contributed by atoms with Crippen molar-refractivity contribution in [2.75, 3.05) is 10.6 Å². The van der Waals surface area contributed by atoms with E-state index in [0.29, 0.717) is 11.3 Å². The standard InChI is InChI=1S/C16H15F3N4O3/c1-8-7-9(2)21-14(12(8)13(20)24)23-15(25)22-10-3-5-11(6-4-10)26-16(17,18)19/h3-7H,1-2H3,(H2,20,24)(H2,21,22,23,25). The number of hydrogen-bond acceptors (Lipinski definition) is 4. The third-order valence-electron chi connectivity index (χ3n) is 3.17. The van der Waals surface area contributed by atoms with Crippen LogP contribution in [0, 0.1) is 13.8 Å². The molecule has 26 heavy (non-hydrogen) atoms. The molecule has 0 spiro atoms. The minimum absolute atomic E-state index is 0.00970. The lowest BCUT2D eigenvalue weighted by Gasteiger charge is -2.13. The van der Waals surface area contributed by atoms with E-state index >= 15 is 0 Å². The summed E-state index contributed by atoms with van der Waals surface area (Å²) in [4.78, 5) is 27.7. The van der Waals surface area contributed by atoms with Crippen LogP contribution in [0.25, 0.3) is 0 Å². The molecule has 1 aromatic heterocycles. The first-order chi connectivity index (χ1) is 12.0. The molecule has 138 valence electrons. The van der Waals surface area contributed by atoms with Gasteiger partial charge >= 0.3 is 12.4 Å². The number of amides is 3. The highest BCUT2D eigenvalue weighted by molar-refractivity contribution is 6.05. The molecule has 0 unspecified atom stereocenters. The molecule has 1 aromatic carbocycles. The van der Waals surface area contributed by atoms with Crippen molar-refractivity contribution in [3.8, 4) is 5.75 Å². The normalized spacial score (nSPS) is 11.0. The van der Waals surface area contributed by atoms with Crippen LogP contribution >= 0.6 is 0 Å². The first-order valence-corrected chi connectivity index (χ1v) is 7.27. The van der Waals surface area contributed by atoms with Gasteiger partial charge in [0.1, 0.15) is 11.6 Å². The molecule has 0 aliphatic rings. The number of benzene rings is 1. The lowest BCUT2D eigenvalue weighted by Crippen LogP contribution is -2.24. The van der Waals surface area contributed by atoms with E-state index in [9.17, 15) is 22.8 Å². The van der Waals surface area contributed by atoms with Crippen LogP contribution in [0.15, 0.2) is 30.3 Å². The fraction of sp³-hybridized carbons (Fsp3) is 0.188. The Kier molecular flexibility index (Phi) is 5.34. The minimum Gasteiger partial charge on any atom is -0.406 e. The summed E-state index contributed by atoms with van der Waals surface area (Å²) in [7, 11) is 0. The van der Waals surface area contributed by atoms with Gasteiger partial charge in [0.05, 0.1) is 5.56 Å². The van der Waals surface area contributed by atoms with E-state index in [2.05, 4.69) is 20.4 Å². The number of anilines is 2. The predicted octanol–water partition coefficient (Wildman–Crippen LogP) is 3.34. The highest BCUT2D eigenvalue weighted by Gasteiger charge is 2.31. The van der Waals surface area contributed by atoms with Gasteiger partial charge in [-0.25, -0.2) is 9.78 Å². The van der Waals surface area contributed by atoms with Crippen molar-refractivity contribution >= 4 is 23.4 Å². The molecule has 4 N–H and O–H groups in total. The number of primary amides is 1. The second-order valence-corrected chi connectivity index (χ2v) is 5.32. The molecule has 0 saturated carbocycles. The summed E-state index contributed by atoms with van der Waals surface area (Å²) in [6.07, 6.45) is -4.80. The zero-order valence-corrected chi connectivity index (χ0v) is 13.8. The number of aryl methyl sites for hydroxylation is 2. The lowest BCUT2D eigenvalue weighted by atomic mass is 10.1. The molecular formula is C16H15F3N4O3. The maximum atomic E-state index is 12.1. The third-order valence-corrected chi connectivity index (χ3v) is 3.17. The number of carbonyl (C=O) groups is 2. The largest absolute Gasteiger partial charge is 0.573 e. The van der Waals surface area contributed by atoms with Gasteiger partial charge in [-0.1, -0.05) is 0 Å². The highest BCUT2D eigenvalue weighted by Crippen LogP contribution is 2.24. The molecule has 0 radical (unpaired) electrons. The number of halogens is 3. The predicted molar refractivity (Wildman–Crippen MR) is 88.0 cm³/mol. The Morgan fingerprint density at radius 1 is 1.12 bits per heavy atom. The van der Waals surface area contributed by atoms with Crippen LogP contribution in [0.2, 0.25) is 0 Å². The van der Waals surface area contributed by atoms with Crippen LogP contribution in [-0.4, -0.2) is 23.3 Å². The summed E-state index contributed by atoms with van der Waals surface area (Å²) < 4.78 is 40.1. The van der Waals surface area contributed by atoms with E-state index in [0.717, 1.165) is 12.1 Å². The van der Waals surface area contributed by atoms with E-state index < -0.39 is 24.1 Å². The van der Waals surface area contributed by atoms with Gasteiger partial charge in [0, 0.05) is 11.4 Å². The Hall–Kier alpha value is -3.30. The smallest absolute Gasteiger partial charge is 0.406 e. The van der Waals surface area contributed by atoms with Crippen molar-refractivity contribution in [3.63, 3.8) is 0 Å². The number of ether oxygens (including phenoxy) is 1. The van der Waals surface area contributed by atoms with Crippen molar-refractivity contribution in [1.29, 1.82) is 0 Å². The Morgan fingerprint density at radius 2 is 1.73 bits per heavy atom. The van der Waals surface area contributed by atoms with E-state index in [4.69, 9.17) is 5.73 Å². The molecular weight excluding hydrogens is 353 g/mol. The maximum absolute atomic E-state index is 12.1. The van der Waals surface area contributed by atoms with Crippen LogP contribution < -0.4 is 21.1 Å². The number of nitrogens with two attached hydrogens (primary N) is 1. The van der Waals surface area contributed by atoms with Gasteiger partial charge in [0.25, 0.3) is 5.91 Å². The first kappa shape index (κ1) is 19.0. The summed E-state index contributed by atoms with van der Waals surface area (Å²) in [6, 6.07) is 5.45. The Bertz CT molecular complexity index is 836. The Balaban J connectivity index is 2.11. The number of carbonyl (C=O) groups excluding carboxylic acids is 2. The number of nitrogens with zero attached hydrogens (tertiary/aromatic N) is 1. The van der Waals surface area contributed by atoms with Crippen molar-refractivity contribution in [1.82, 2.24) is 4.98 Å². The molecule has 2 aromatic rings. The summed E-state index contributed by atoms with van der Waals surface area (Å²) in [6.45, 7) is 3.33. The number of alkyl halides is 3. The fourth-order valence-corrected chi connectivity index (χ4v) is 2.25. The van der Waals surface area contributed by atoms with Crippen LogP contribution in [-0.2, 0) is 0 Å². The number of aromatic nitrogens is 1. The van der Waals surface area contributed by atoms with Gasteiger partial charge < -0.3 is 15.8 Å². The second-order valence-electron chi connectivity index (χ2n) is 5.32. The van der Waals surface area contributed by atoms with Gasteiger partial charge in [0.2, 0.25) is 0 Å². The summed E-state index contributed by atoms with van der Waals surface area (Å²) in [5.74, 6) is -1.18. The topological polar surface area (TPSA) is 106 Å². The number of urea groups is 1. The molecule has 1 heterocycles. The van der Waals surface area contributed by atoms with Crippen LogP contribution in [0.1, 0.15) is 21.6 Å². The van der Waals surface area contributed by atoms with E-state index in [1.807, 2.05) is 0 Å². The van der Waals surface area contributed by atoms with E-state index in [1.54, 1.807) is 19.9 Å². The SMILES string of the molecule is Cc1cc(C)c(C(N)=O)c(NC(=O)Nc2ccc(OC(F)(F)F)cc2)n1. The van der Waals surface area contributed by atoms with Crippen LogP contribution in [0.3, 0.4) is 0 Å². The molecule has 0 saturated heterocycles. The zero-order chi connectivity index (χ0) is 19.5. The van der Waals surface area contributed by atoms with Gasteiger partial charge in [-0.3, -0.25) is 10.1 Å². The van der Waals surface area contributed by atoms with Gasteiger partial charge in [0.15, 0.2) is 0 Å². The summed E-state index contributed by atoms with van der Waals surface area (Å²) in [5.41, 5.74) is 6.70. The van der Waals surface area contributed by atoms with Crippen LogP contribution in [0.5, 0.6) is 5.75 Å². The van der Waals surface area contributed by atoms with Gasteiger partial charge in [-0.2, -0.15) is 0 Å². The molecule has 0 aliphatic heterocycles. The second kappa shape index (κ2) is 7.30. The Morgan fingerprint density at radius 3 is 2.27 bits per heavy atom. The van der Waals surface area contributed by atoms with E-state index in [1.165, 1.54) is 12.1 Å². The number of nitrogens with one attached hydrogen (secondary N) is 2. The number of rotatable bonds is 4. The molecule has 0 atom stereocenters. The number of hydrogen-bond donors (Lipinski definition) is 3. The molecule has 3 amide bonds. The van der Waals surface area contributed by atoms with Gasteiger partial charge in [-0.15, -0.1) is 13.2 Å². The zero-order valence-electron chi connectivity index (χ0n) is 13.8. The summed E-state index contributed by atoms with van der Waals surface area (Å²) in [5, 5.41) is 4.81. The lowest BCUT2D eigenvalue weighted by molar-refractivity contribution is -0.274. The van der Waals surface area contributed by atoms with Gasteiger partial charge in [-0.05, 0) is 49.7 Å². The number of pyridine rings is 1.